The molecule has 8 heteroatoms. The molecular formula is C18H17N3O4S. The molecule has 0 fully saturated rings. The average molecular weight is 371 g/mol. The second-order valence-corrected chi connectivity index (χ2v) is 6.64. The van der Waals surface area contributed by atoms with Crippen LogP contribution in [0, 0.1) is 10.1 Å². The van der Waals surface area contributed by atoms with E-state index in [1.807, 2.05) is 18.2 Å². The van der Waals surface area contributed by atoms with Crippen molar-refractivity contribution in [2.24, 2.45) is 0 Å². The van der Waals surface area contributed by atoms with E-state index in [0.717, 1.165) is 28.8 Å². The molecule has 1 N–H and O–H groups in total. The van der Waals surface area contributed by atoms with Crippen LogP contribution in [-0.4, -0.2) is 22.4 Å². The molecule has 134 valence electrons. The van der Waals surface area contributed by atoms with Gasteiger partial charge in [-0.25, -0.2) is 4.98 Å². The zero-order chi connectivity index (χ0) is 18.5. The molecule has 1 heterocycles. The number of anilines is 1. The van der Waals surface area contributed by atoms with Gasteiger partial charge in [0.25, 0.3) is 11.6 Å². The van der Waals surface area contributed by atoms with E-state index in [2.05, 4.69) is 17.2 Å². The smallest absolute Gasteiger partial charge is 0.270 e. The summed E-state index contributed by atoms with van der Waals surface area (Å²) in [5, 5.41) is 14.0. The molecule has 3 rings (SSSR count). The van der Waals surface area contributed by atoms with Crippen LogP contribution in [-0.2, 0) is 0 Å². The summed E-state index contributed by atoms with van der Waals surface area (Å²) in [7, 11) is 0. The number of rotatable bonds is 7. The quantitative estimate of drug-likeness (QED) is 0.371. The number of aromatic nitrogens is 1. The molecule has 0 radical (unpaired) electrons. The summed E-state index contributed by atoms with van der Waals surface area (Å²) in [5.74, 6) is 0.332. The van der Waals surface area contributed by atoms with Gasteiger partial charge in [-0.15, -0.1) is 0 Å². The molecule has 7 nitrogen and oxygen atoms in total. The number of nitro groups is 1. The molecule has 0 bridgehead atoms. The van der Waals surface area contributed by atoms with Crippen molar-refractivity contribution in [1.29, 1.82) is 0 Å². The van der Waals surface area contributed by atoms with Crippen LogP contribution in [0.5, 0.6) is 5.75 Å². The van der Waals surface area contributed by atoms with E-state index in [9.17, 15) is 14.9 Å². The van der Waals surface area contributed by atoms with Gasteiger partial charge in [0.1, 0.15) is 5.75 Å². The number of nitrogens with zero attached hydrogens (tertiary/aromatic N) is 2. The van der Waals surface area contributed by atoms with Crippen molar-refractivity contribution in [2.75, 3.05) is 11.9 Å². The third-order valence-corrected chi connectivity index (χ3v) is 4.60. The Bertz CT molecular complexity index is 955. The lowest BCUT2D eigenvalue weighted by Crippen LogP contribution is -2.11. The fourth-order valence-electron chi connectivity index (χ4n) is 2.31. The van der Waals surface area contributed by atoms with Crippen LogP contribution in [0.2, 0.25) is 0 Å². The number of benzene rings is 2. The second kappa shape index (κ2) is 7.92. The number of carbonyl (C=O) groups is 1. The summed E-state index contributed by atoms with van der Waals surface area (Å²) >= 11 is 1.33. The predicted molar refractivity (Wildman–Crippen MR) is 101 cm³/mol. The molecule has 0 unspecified atom stereocenters. The summed E-state index contributed by atoms with van der Waals surface area (Å²) in [6.45, 7) is 2.77. The first-order valence-electron chi connectivity index (χ1n) is 8.16. The molecule has 0 saturated heterocycles. The number of hydrogen-bond acceptors (Lipinski definition) is 6. The van der Waals surface area contributed by atoms with E-state index in [1.165, 1.54) is 35.6 Å². The highest BCUT2D eigenvalue weighted by Crippen LogP contribution is 2.29. The van der Waals surface area contributed by atoms with E-state index in [0.29, 0.717) is 11.7 Å². The van der Waals surface area contributed by atoms with Crippen molar-refractivity contribution in [3.8, 4) is 5.75 Å². The van der Waals surface area contributed by atoms with Gasteiger partial charge in [0.05, 0.1) is 21.7 Å². The topological polar surface area (TPSA) is 94.4 Å². The Labute approximate surface area is 153 Å². The normalized spacial score (nSPS) is 10.7. The molecule has 1 aromatic heterocycles. The Kier molecular flexibility index (Phi) is 5.43. The standard InChI is InChI=1S/C18H17N3O4S/c1-2-3-9-25-14-7-8-15-16(11-14)26-18(19-15)20-17(22)12-5-4-6-13(10-12)21(23)24/h4-8,10-11H,2-3,9H2,1H3,(H,19,20,22). The van der Waals surface area contributed by atoms with Crippen LogP contribution in [0.1, 0.15) is 30.1 Å². The van der Waals surface area contributed by atoms with Crippen LogP contribution < -0.4 is 10.1 Å². The number of ether oxygens (including phenoxy) is 1. The second-order valence-electron chi connectivity index (χ2n) is 5.61. The lowest BCUT2D eigenvalue weighted by atomic mass is 10.2. The van der Waals surface area contributed by atoms with Gasteiger partial charge in [-0.3, -0.25) is 20.2 Å². The third kappa shape index (κ3) is 4.15. The van der Waals surface area contributed by atoms with Gasteiger partial charge >= 0.3 is 0 Å². The molecule has 26 heavy (non-hydrogen) atoms. The van der Waals surface area contributed by atoms with E-state index in [4.69, 9.17) is 4.74 Å². The Morgan fingerprint density at radius 2 is 2.15 bits per heavy atom. The predicted octanol–water partition coefficient (Wildman–Crippen LogP) is 4.64. The maximum absolute atomic E-state index is 12.3. The number of fused-ring (bicyclic) bond motifs is 1. The molecule has 0 atom stereocenters. The number of non-ortho nitro benzene ring substituents is 1. The molecule has 3 aromatic rings. The Balaban J connectivity index is 1.75. The first-order valence-corrected chi connectivity index (χ1v) is 8.97. The molecule has 1 amide bonds. The fraction of sp³-hybridized carbons (Fsp3) is 0.222. The summed E-state index contributed by atoms with van der Waals surface area (Å²) in [5.41, 5.74) is 0.838. The summed E-state index contributed by atoms with van der Waals surface area (Å²) in [4.78, 5) is 27.0. The maximum Gasteiger partial charge on any atom is 0.270 e. The lowest BCUT2D eigenvalue weighted by Gasteiger charge is -2.04. The van der Waals surface area contributed by atoms with Crippen LogP contribution in [0.25, 0.3) is 10.2 Å². The monoisotopic (exact) mass is 371 g/mol. The largest absolute Gasteiger partial charge is 0.494 e. The third-order valence-electron chi connectivity index (χ3n) is 3.67. The van der Waals surface area contributed by atoms with Gasteiger partial charge in [0.15, 0.2) is 5.13 Å². The van der Waals surface area contributed by atoms with Crippen LogP contribution in [0.4, 0.5) is 10.8 Å². The van der Waals surface area contributed by atoms with Gasteiger partial charge in [0, 0.05) is 17.7 Å². The highest BCUT2D eigenvalue weighted by Gasteiger charge is 2.14. The number of nitrogens with one attached hydrogen (secondary N) is 1. The van der Waals surface area contributed by atoms with E-state index >= 15 is 0 Å². The van der Waals surface area contributed by atoms with Gasteiger partial charge in [-0.2, -0.15) is 0 Å². The highest BCUT2D eigenvalue weighted by molar-refractivity contribution is 7.22. The SMILES string of the molecule is CCCCOc1ccc2nc(NC(=O)c3cccc([N+](=O)[O-])c3)sc2c1. The van der Waals surface area contributed by atoms with Crippen molar-refractivity contribution in [2.45, 2.75) is 19.8 Å². The average Bonchev–Trinajstić information content (AvgIpc) is 3.03. The number of nitro benzene ring substituents is 1. The van der Waals surface area contributed by atoms with E-state index in [1.54, 1.807) is 0 Å². The van der Waals surface area contributed by atoms with E-state index in [-0.39, 0.29) is 11.3 Å². The molecular weight excluding hydrogens is 354 g/mol. The zero-order valence-electron chi connectivity index (χ0n) is 14.1. The van der Waals surface area contributed by atoms with Crippen LogP contribution in [0.3, 0.4) is 0 Å². The first-order chi connectivity index (χ1) is 12.6. The van der Waals surface area contributed by atoms with E-state index < -0.39 is 10.8 Å². The number of amides is 1. The molecule has 0 aliphatic carbocycles. The minimum absolute atomic E-state index is 0.129. The van der Waals surface area contributed by atoms with Gasteiger partial charge in [-0.05, 0) is 30.7 Å². The number of hydrogen-bond donors (Lipinski definition) is 1. The number of unbranched alkanes of at least 4 members (excludes halogenated alkanes) is 1. The van der Waals surface area contributed by atoms with Crippen molar-refractivity contribution >= 4 is 38.3 Å². The summed E-state index contributed by atoms with van der Waals surface area (Å²) in [6, 6.07) is 11.2. The van der Waals surface area contributed by atoms with Gasteiger partial charge in [0.2, 0.25) is 0 Å². The van der Waals surface area contributed by atoms with Crippen LogP contribution >= 0.6 is 11.3 Å². The number of thiazole rings is 1. The lowest BCUT2D eigenvalue weighted by molar-refractivity contribution is -0.384. The van der Waals surface area contributed by atoms with Crippen molar-refractivity contribution in [3.05, 3.63) is 58.1 Å². The zero-order valence-corrected chi connectivity index (χ0v) is 14.9. The van der Waals surface area contributed by atoms with Crippen molar-refractivity contribution in [1.82, 2.24) is 4.98 Å². The molecule has 0 aliphatic rings. The molecule has 0 aliphatic heterocycles. The minimum Gasteiger partial charge on any atom is -0.494 e. The summed E-state index contributed by atoms with van der Waals surface area (Å²) in [6.07, 6.45) is 2.06. The fourth-order valence-corrected chi connectivity index (χ4v) is 3.20. The Morgan fingerprint density at radius 3 is 2.92 bits per heavy atom. The first kappa shape index (κ1) is 17.8. The summed E-state index contributed by atoms with van der Waals surface area (Å²) < 4.78 is 6.57. The van der Waals surface area contributed by atoms with Crippen LogP contribution in [0.15, 0.2) is 42.5 Å². The van der Waals surface area contributed by atoms with Gasteiger partial charge < -0.3 is 4.74 Å². The van der Waals surface area contributed by atoms with Gasteiger partial charge in [-0.1, -0.05) is 30.7 Å². The molecule has 0 saturated carbocycles. The minimum atomic E-state index is -0.533. The number of carbonyl (C=O) groups excluding carboxylic acids is 1. The van der Waals surface area contributed by atoms with Crippen molar-refractivity contribution < 1.29 is 14.5 Å². The highest BCUT2D eigenvalue weighted by atomic mass is 32.1. The maximum atomic E-state index is 12.3. The Morgan fingerprint density at radius 1 is 1.31 bits per heavy atom. The Hall–Kier alpha value is -3.00. The molecule has 0 spiro atoms. The molecule has 2 aromatic carbocycles. The van der Waals surface area contributed by atoms with Crippen molar-refractivity contribution in [3.63, 3.8) is 0 Å².